The fourth-order valence-corrected chi connectivity index (χ4v) is 3.79. The molecule has 2 aromatic heterocycles. The van der Waals surface area contributed by atoms with E-state index in [-0.39, 0.29) is 11.2 Å². The summed E-state index contributed by atoms with van der Waals surface area (Å²) in [5, 5.41) is 14.3. The molecule has 0 aliphatic heterocycles. The summed E-state index contributed by atoms with van der Waals surface area (Å²) in [6.45, 7) is 5.79. The van der Waals surface area contributed by atoms with Crippen molar-refractivity contribution in [3.8, 4) is 11.4 Å². The number of thiazole rings is 1. The Morgan fingerprint density at radius 1 is 1.32 bits per heavy atom. The van der Waals surface area contributed by atoms with Crippen LogP contribution in [0.25, 0.3) is 11.4 Å². The van der Waals surface area contributed by atoms with E-state index >= 15 is 0 Å². The van der Waals surface area contributed by atoms with E-state index < -0.39 is 0 Å². The lowest BCUT2D eigenvalue weighted by atomic mass is 10.1. The number of carbonyl (C=O) groups excluding carboxylic acids is 1. The predicted octanol–water partition coefficient (Wildman–Crippen LogP) is 3.67. The highest BCUT2D eigenvalue weighted by Crippen LogP contribution is 2.27. The Hall–Kier alpha value is -2.19. The largest absolute Gasteiger partial charge is 0.305 e. The smallest absolute Gasteiger partial charge is 0.239 e. The highest BCUT2D eigenvalue weighted by molar-refractivity contribution is 8.00. The van der Waals surface area contributed by atoms with Crippen LogP contribution in [0.3, 0.4) is 0 Å². The van der Waals surface area contributed by atoms with Gasteiger partial charge in [-0.05, 0) is 26.8 Å². The molecule has 25 heavy (non-hydrogen) atoms. The summed E-state index contributed by atoms with van der Waals surface area (Å²) in [6, 6.07) is 8.12. The monoisotopic (exact) mass is 373 g/mol. The summed E-state index contributed by atoms with van der Waals surface area (Å²) in [5.74, 6) is 0.689. The number of nitrogens with one attached hydrogen (secondary N) is 1. The molecule has 0 unspecified atom stereocenters. The van der Waals surface area contributed by atoms with Crippen molar-refractivity contribution in [2.75, 3.05) is 5.32 Å². The van der Waals surface area contributed by atoms with Gasteiger partial charge in [-0.1, -0.05) is 35.5 Å². The number of rotatable bonds is 5. The van der Waals surface area contributed by atoms with Crippen LogP contribution in [0.4, 0.5) is 5.13 Å². The van der Waals surface area contributed by atoms with Crippen molar-refractivity contribution < 1.29 is 4.79 Å². The number of carbonyl (C=O) groups is 1. The lowest BCUT2D eigenvalue weighted by molar-refractivity contribution is -0.115. The number of hydrogen-bond acceptors (Lipinski definition) is 6. The maximum atomic E-state index is 12.3. The number of benzene rings is 1. The van der Waals surface area contributed by atoms with Gasteiger partial charge in [-0.15, -0.1) is 21.5 Å². The zero-order valence-electron chi connectivity index (χ0n) is 14.5. The molecule has 1 amide bonds. The van der Waals surface area contributed by atoms with Crippen LogP contribution in [-0.4, -0.2) is 30.9 Å². The molecule has 0 bridgehead atoms. The molecular formula is C17H19N5OS2. The van der Waals surface area contributed by atoms with Gasteiger partial charge < -0.3 is 9.88 Å². The van der Waals surface area contributed by atoms with E-state index in [4.69, 9.17) is 0 Å². The molecule has 0 spiro atoms. The summed E-state index contributed by atoms with van der Waals surface area (Å²) in [4.78, 5) is 16.6. The van der Waals surface area contributed by atoms with Crippen LogP contribution in [0.5, 0.6) is 0 Å². The summed E-state index contributed by atoms with van der Waals surface area (Å²) in [6.07, 6.45) is 0. The predicted molar refractivity (Wildman–Crippen MR) is 102 cm³/mol. The third-order valence-electron chi connectivity index (χ3n) is 3.61. The lowest BCUT2D eigenvalue weighted by Crippen LogP contribution is -2.22. The van der Waals surface area contributed by atoms with Crippen molar-refractivity contribution in [3.63, 3.8) is 0 Å². The number of anilines is 1. The summed E-state index contributed by atoms with van der Waals surface area (Å²) < 4.78 is 1.91. The fourth-order valence-electron chi connectivity index (χ4n) is 2.28. The van der Waals surface area contributed by atoms with Crippen molar-refractivity contribution in [2.24, 2.45) is 7.05 Å². The molecule has 2 heterocycles. The first-order chi connectivity index (χ1) is 11.9. The van der Waals surface area contributed by atoms with E-state index in [0.29, 0.717) is 10.3 Å². The van der Waals surface area contributed by atoms with Gasteiger partial charge in [0.05, 0.1) is 10.9 Å². The molecule has 6 nitrogen and oxygen atoms in total. The van der Waals surface area contributed by atoms with Crippen molar-refractivity contribution in [2.45, 2.75) is 31.2 Å². The fraction of sp³-hybridized carbons (Fsp3) is 0.294. The van der Waals surface area contributed by atoms with Gasteiger partial charge in [0.2, 0.25) is 5.91 Å². The quantitative estimate of drug-likeness (QED) is 0.691. The first kappa shape index (κ1) is 17.6. The van der Waals surface area contributed by atoms with Crippen LogP contribution in [-0.2, 0) is 11.8 Å². The molecular weight excluding hydrogens is 354 g/mol. The molecule has 0 saturated heterocycles. The number of aromatic nitrogens is 4. The van der Waals surface area contributed by atoms with Crippen LogP contribution in [0.1, 0.15) is 18.2 Å². The van der Waals surface area contributed by atoms with Gasteiger partial charge in [0.25, 0.3) is 0 Å². The van der Waals surface area contributed by atoms with E-state index in [1.807, 2.05) is 56.0 Å². The highest BCUT2D eigenvalue weighted by Gasteiger charge is 2.20. The Morgan fingerprint density at radius 2 is 2.12 bits per heavy atom. The Balaban J connectivity index is 1.71. The molecule has 1 aromatic carbocycles. The summed E-state index contributed by atoms with van der Waals surface area (Å²) in [7, 11) is 1.91. The Morgan fingerprint density at radius 3 is 2.80 bits per heavy atom. The van der Waals surface area contributed by atoms with E-state index in [9.17, 15) is 4.79 Å². The van der Waals surface area contributed by atoms with E-state index in [1.54, 1.807) is 0 Å². The minimum absolute atomic E-state index is 0.0977. The molecule has 1 atom stereocenters. The molecule has 0 aliphatic rings. The van der Waals surface area contributed by atoms with Crippen molar-refractivity contribution in [1.82, 2.24) is 19.7 Å². The number of hydrogen-bond donors (Lipinski definition) is 1. The van der Waals surface area contributed by atoms with Gasteiger partial charge in [0.1, 0.15) is 0 Å². The second-order valence-corrected chi connectivity index (χ2v) is 7.94. The van der Waals surface area contributed by atoms with Crippen LogP contribution in [0.2, 0.25) is 0 Å². The second-order valence-electron chi connectivity index (χ2n) is 5.78. The normalized spacial score (nSPS) is 12.2. The van der Waals surface area contributed by atoms with Crippen molar-refractivity contribution in [1.29, 1.82) is 0 Å². The van der Waals surface area contributed by atoms with Gasteiger partial charge in [-0.3, -0.25) is 4.79 Å². The average Bonchev–Trinajstić information content (AvgIpc) is 3.14. The van der Waals surface area contributed by atoms with E-state index in [2.05, 4.69) is 26.6 Å². The first-order valence-corrected chi connectivity index (χ1v) is 9.56. The van der Waals surface area contributed by atoms with Crippen LogP contribution in [0, 0.1) is 13.8 Å². The van der Waals surface area contributed by atoms with Crippen molar-refractivity contribution in [3.05, 3.63) is 40.9 Å². The minimum atomic E-state index is -0.308. The first-order valence-electron chi connectivity index (χ1n) is 7.80. The molecule has 0 saturated carbocycles. The van der Waals surface area contributed by atoms with Crippen molar-refractivity contribution >= 4 is 34.1 Å². The number of nitrogens with zero attached hydrogens (tertiary/aromatic N) is 4. The summed E-state index contributed by atoms with van der Waals surface area (Å²) in [5.41, 5.74) is 3.08. The lowest BCUT2D eigenvalue weighted by Gasteiger charge is -2.10. The standard InChI is InChI=1S/C17H19N5OS2/c1-10-6-5-7-13(8-10)14-20-21-17(22(14)4)25-12(3)15(23)19-16-18-11(2)9-24-16/h5-9,12H,1-4H3,(H,18,19,23)/t12-/m1/s1. The van der Waals surface area contributed by atoms with E-state index in [0.717, 1.165) is 17.1 Å². The highest BCUT2D eigenvalue weighted by atomic mass is 32.2. The number of aryl methyl sites for hydroxylation is 2. The topological polar surface area (TPSA) is 72.7 Å². The van der Waals surface area contributed by atoms with Gasteiger partial charge in [0, 0.05) is 18.0 Å². The zero-order chi connectivity index (χ0) is 18.0. The van der Waals surface area contributed by atoms with Crippen LogP contribution >= 0.6 is 23.1 Å². The molecule has 0 aliphatic carbocycles. The van der Waals surface area contributed by atoms with Gasteiger partial charge in [-0.25, -0.2) is 4.98 Å². The molecule has 3 rings (SSSR count). The number of thioether (sulfide) groups is 1. The average molecular weight is 374 g/mol. The van der Waals surface area contributed by atoms with Gasteiger partial charge in [-0.2, -0.15) is 0 Å². The van der Waals surface area contributed by atoms with Gasteiger partial charge in [0.15, 0.2) is 16.1 Å². The molecule has 0 radical (unpaired) electrons. The number of amides is 1. The zero-order valence-corrected chi connectivity index (χ0v) is 16.1. The Kier molecular flexibility index (Phi) is 5.19. The molecule has 8 heteroatoms. The molecule has 0 fully saturated rings. The third-order valence-corrected chi connectivity index (χ3v) is 5.62. The van der Waals surface area contributed by atoms with Crippen LogP contribution < -0.4 is 5.32 Å². The second kappa shape index (κ2) is 7.37. The van der Waals surface area contributed by atoms with E-state index in [1.165, 1.54) is 28.7 Å². The third kappa shape index (κ3) is 4.08. The van der Waals surface area contributed by atoms with Gasteiger partial charge >= 0.3 is 0 Å². The molecule has 3 aromatic rings. The van der Waals surface area contributed by atoms with Crippen LogP contribution in [0.15, 0.2) is 34.8 Å². The Bertz CT molecular complexity index is 902. The maximum absolute atomic E-state index is 12.3. The maximum Gasteiger partial charge on any atom is 0.239 e. The SMILES string of the molecule is Cc1cccc(-c2nnc(S[C@H](C)C(=O)Nc3nc(C)cs3)n2C)c1. The minimum Gasteiger partial charge on any atom is -0.305 e. The molecule has 130 valence electrons. The Labute approximate surface area is 154 Å². The molecule has 1 N–H and O–H groups in total. The summed E-state index contributed by atoms with van der Waals surface area (Å²) >= 11 is 2.80.